The van der Waals surface area contributed by atoms with E-state index in [4.69, 9.17) is 18.0 Å². The van der Waals surface area contributed by atoms with Crippen molar-refractivity contribution in [2.75, 3.05) is 23.9 Å². The molecule has 0 aliphatic heterocycles. The highest BCUT2D eigenvalue weighted by Gasteiger charge is 2.02. The van der Waals surface area contributed by atoms with E-state index in [1.807, 2.05) is 0 Å². The molecule has 0 atom stereocenters. The molecule has 94 valence electrons. The van der Waals surface area contributed by atoms with E-state index in [0.717, 1.165) is 5.69 Å². The minimum Gasteiger partial charge on any atom is -0.388 e. The lowest BCUT2D eigenvalue weighted by Gasteiger charge is -2.06. The molecule has 0 unspecified atom stereocenters. The second-order valence-corrected chi connectivity index (χ2v) is 6.40. The number of hydrogen-bond donors (Lipinski definition) is 2. The molecule has 1 aromatic heterocycles. The Morgan fingerprint density at radius 1 is 1.59 bits per heavy atom. The first-order valence-electron chi connectivity index (χ1n) is 5.06. The summed E-state index contributed by atoms with van der Waals surface area (Å²) in [5, 5.41) is 3.09. The number of nitrogens with zero attached hydrogens (tertiary/aromatic N) is 1. The van der Waals surface area contributed by atoms with Gasteiger partial charge in [-0.05, 0) is 18.6 Å². The normalized spacial score (nSPS) is 11.1. The summed E-state index contributed by atoms with van der Waals surface area (Å²) in [5.74, 6) is 0.174. The SMILES string of the molecule is CS(=O)(=O)CCCNc1ccnc(C(N)=S)c1. The summed E-state index contributed by atoms with van der Waals surface area (Å²) in [6, 6.07) is 3.52. The number of sulfone groups is 1. The zero-order chi connectivity index (χ0) is 12.9. The van der Waals surface area contributed by atoms with E-state index in [0.29, 0.717) is 18.7 Å². The Kier molecular flexibility index (Phi) is 4.83. The van der Waals surface area contributed by atoms with Crippen molar-refractivity contribution in [3.63, 3.8) is 0 Å². The van der Waals surface area contributed by atoms with Gasteiger partial charge in [0.15, 0.2) is 0 Å². The Morgan fingerprint density at radius 2 is 2.29 bits per heavy atom. The smallest absolute Gasteiger partial charge is 0.147 e. The van der Waals surface area contributed by atoms with Crippen LogP contribution in [0.3, 0.4) is 0 Å². The van der Waals surface area contributed by atoms with Gasteiger partial charge in [-0.25, -0.2) is 8.42 Å². The summed E-state index contributed by atoms with van der Waals surface area (Å²) in [6.07, 6.45) is 3.39. The van der Waals surface area contributed by atoms with Crippen LogP contribution in [-0.2, 0) is 9.84 Å². The van der Waals surface area contributed by atoms with E-state index in [1.54, 1.807) is 18.3 Å². The average Bonchev–Trinajstić information content (AvgIpc) is 2.23. The first-order chi connectivity index (χ1) is 7.88. The molecular weight excluding hydrogens is 258 g/mol. The lowest BCUT2D eigenvalue weighted by molar-refractivity contribution is 0.600. The Morgan fingerprint density at radius 3 is 2.88 bits per heavy atom. The van der Waals surface area contributed by atoms with Crippen molar-refractivity contribution >= 4 is 32.7 Å². The van der Waals surface area contributed by atoms with E-state index < -0.39 is 9.84 Å². The van der Waals surface area contributed by atoms with Crippen LogP contribution in [0.4, 0.5) is 5.69 Å². The van der Waals surface area contributed by atoms with Crippen LogP contribution in [-0.4, -0.2) is 36.9 Å². The molecule has 7 heteroatoms. The van der Waals surface area contributed by atoms with Crippen LogP contribution >= 0.6 is 12.2 Å². The fraction of sp³-hybridized carbons (Fsp3) is 0.400. The molecule has 0 saturated heterocycles. The Hall–Kier alpha value is -1.21. The van der Waals surface area contributed by atoms with Gasteiger partial charge in [-0.2, -0.15) is 0 Å². The van der Waals surface area contributed by atoms with Crippen LogP contribution in [0.15, 0.2) is 18.3 Å². The third kappa shape index (κ3) is 5.60. The summed E-state index contributed by atoms with van der Waals surface area (Å²) in [5.41, 5.74) is 6.84. The van der Waals surface area contributed by atoms with Crippen molar-refractivity contribution in [2.45, 2.75) is 6.42 Å². The Balaban J connectivity index is 2.47. The second kappa shape index (κ2) is 5.92. The van der Waals surface area contributed by atoms with Gasteiger partial charge < -0.3 is 11.1 Å². The van der Waals surface area contributed by atoms with Gasteiger partial charge in [0.1, 0.15) is 14.8 Å². The standard InChI is InChI=1S/C10H15N3O2S2/c1-17(14,15)6-2-4-12-8-3-5-13-9(7-8)10(11)16/h3,5,7H,2,4,6H2,1H3,(H2,11,16)(H,12,13). The number of thiocarbonyl (C=S) groups is 1. The van der Waals surface area contributed by atoms with Crippen molar-refractivity contribution in [3.05, 3.63) is 24.0 Å². The number of hydrogen-bond acceptors (Lipinski definition) is 5. The predicted octanol–water partition coefficient (Wildman–Crippen LogP) is 0.562. The van der Waals surface area contributed by atoms with Crippen LogP contribution in [0.1, 0.15) is 12.1 Å². The molecule has 0 fully saturated rings. The number of aromatic nitrogens is 1. The molecule has 0 radical (unpaired) electrons. The molecule has 0 aliphatic carbocycles. The predicted molar refractivity (Wildman–Crippen MR) is 72.9 cm³/mol. The van der Waals surface area contributed by atoms with Crippen LogP contribution in [0.2, 0.25) is 0 Å². The van der Waals surface area contributed by atoms with Gasteiger partial charge in [-0.3, -0.25) is 4.98 Å². The lowest BCUT2D eigenvalue weighted by Crippen LogP contribution is -2.13. The topological polar surface area (TPSA) is 85.1 Å². The molecule has 1 heterocycles. The first-order valence-corrected chi connectivity index (χ1v) is 7.53. The molecule has 1 aromatic rings. The largest absolute Gasteiger partial charge is 0.388 e. The molecule has 0 amide bonds. The zero-order valence-electron chi connectivity index (χ0n) is 9.51. The van der Waals surface area contributed by atoms with Gasteiger partial charge in [-0.15, -0.1) is 0 Å². The number of nitrogens with one attached hydrogen (secondary N) is 1. The second-order valence-electron chi connectivity index (χ2n) is 3.70. The molecule has 0 aliphatic rings. The third-order valence-corrected chi connectivity index (χ3v) is 3.27. The average molecular weight is 273 g/mol. The monoisotopic (exact) mass is 273 g/mol. The highest BCUT2D eigenvalue weighted by atomic mass is 32.2. The van der Waals surface area contributed by atoms with Crippen molar-refractivity contribution in [1.29, 1.82) is 0 Å². The molecule has 3 N–H and O–H groups in total. The van der Waals surface area contributed by atoms with Crippen molar-refractivity contribution < 1.29 is 8.42 Å². The maximum atomic E-state index is 10.9. The number of anilines is 1. The van der Waals surface area contributed by atoms with Gasteiger partial charge in [0.25, 0.3) is 0 Å². The lowest BCUT2D eigenvalue weighted by atomic mass is 10.3. The van der Waals surface area contributed by atoms with Gasteiger partial charge in [0, 0.05) is 24.7 Å². The molecule has 0 spiro atoms. The minimum atomic E-state index is -2.89. The maximum Gasteiger partial charge on any atom is 0.147 e. The highest BCUT2D eigenvalue weighted by Crippen LogP contribution is 2.07. The highest BCUT2D eigenvalue weighted by molar-refractivity contribution is 7.90. The minimum absolute atomic E-state index is 0.174. The summed E-state index contributed by atoms with van der Waals surface area (Å²) >= 11 is 4.81. The molecule has 0 bridgehead atoms. The van der Waals surface area contributed by atoms with E-state index >= 15 is 0 Å². The van der Waals surface area contributed by atoms with Gasteiger partial charge in [0.2, 0.25) is 0 Å². The molecule has 0 saturated carbocycles. The van der Waals surface area contributed by atoms with Crippen molar-refractivity contribution in [2.24, 2.45) is 5.73 Å². The van der Waals surface area contributed by atoms with Crippen LogP contribution in [0.25, 0.3) is 0 Å². The summed E-state index contributed by atoms with van der Waals surface area (Å²) in [4.78, 5) is 4.24. The first kappa shape index (κ1) is 13.9. The Bertz CT molecular complexity index is 500. The number of nitrogens with two attached hydrogens (primary N) is 1. The van der Waals surface area contributed by atoms with Crippen LogP contribution in [0, 0.1) is 0 Å². The van der Waals surface area contributed by atoms with Crippen molar-refractivity contribution in [3.8, 4) is 0 Å². The molecular formula is C10H15N3O2S2. The number of rotatable bonds is 6. The molecule has 5 nitrogen and oxygen atoms in total. The van der Waals surface area contributed by atoms with Crippen molar-refractivity contribution in [1.82, 2.24) is 4.98 Å². The fourth-order valence-corrected chi connectivity index (χ4v) is 2.02. The Labute approximate surface area is 106 Å². The van der Waals surface area contributed by atoms with E-state index in [2.05, 4.69) is 10.3 Å². The van der Waals surface area contributed by atoms with Crippen LogP contribution < -0.4 is 11.1 Å². The summed E-state index contributed by atoms with van der Waals surface area (Å²) in [7, 11) is -2.89. The third-order valence-electron chi connectivity index (χ3n) is 2.03. The summed E-state index contributed by atoms with van der Waals surface area (Å²) < 4.78 is 21.8. The van der Waals surface area contributed by atoms with E-state index in [1.165, 1.54) is 6.26 Å². The molecule has 17 heavy (non-hydrogen) atoms. The quantitative estimate of drug-likeness (QED) is 0.582. The van der Waals surface area contributed by atoms with E-state index in [9.17, 15) is 8.42 Å². The molecule has 1 rings (SSSR count). The maximum absolute atomic E-state index is 10.9. The van der Waals surface area contributed by atoms with Gasteiger partial charge in [-0.1, -0.05) is 12.2 Å². The van der Waals surface area contributed by atoms with E-state index in [-0.39, 0.29) is 10.7 Å². The molecule has 0 aromatic carbocycles. The van der Waals surface area contributed by atoms with Gasteiger partial charge >= 0.3 is 0 Å². The fourth-order valence-electron chi connectivity index (χ4n) is 1.24. The number of pyridine rings is 1. The summed E-state index contributed by atoms with van der Waals surface area (Å²) in [6.45, 7) is 0.577. The van der Waals surface area contributed by atoms with Gasteiger partial charge in [0.05, 0.1) is 11.4 Å². The zero-order valence-corrected chi connectivity index (χ0v) is 11.1. The van der Waals surface area contributed by atoms with Crippen LogP contribution in [0.5, 0.6) is 0 Å².